The molecule has 1 heterocycles. The average Bonchev–Trinajstić information content (AvgIpc) is 3.31. The van der Waals surface area contributed by atoms with Crippen molar-refractivity contribution in [2.45, 2.75) is 19.0 Å². The van der Waals surface area contributed by atoms with E-state index >= 15 is 0 Å². The number of benzene rings is 3. The number of hydrazone groups is 1. The number of carbonyl (C=O) groups excluding carboxylic acids is 1. The first-order valence-electron chi connectivity index (χ1n) is 10.7. The fourth-order valence-electron chi connectivity index (χ4n) is 3.27. The maximum atomic E-state index is 12.5. The second kappa shape index (κ2) is 10.8. The van der Waals surface area contributed by atoms with Crippen LogP contribution >= 0.6 is 11.8 Å². The molecule has 172 valence electrons. The minimum atomic E-state index is -0.221. The topological polar surface area (TPSA) is 81.4 Å². The van der Waals surface area contributed by atoms with Crippen LogP contribution in [-0.2, 0) is 4.79 Å². The molecule has 0 aliphatic carbocycles. The predicted molar refractivity (Wildman–Crippen MR) is 136 cm³/mol. The Morgan fingerprint density at radius 1 is 1.00 bits per heavy atom. The van der Waals surface area contributed by atoms with Crippen LogP contribution in [0.3, 0.4) is 0 Å². The molecule has 4 rings (SSSR count). The lowest BCUT2D eigenvalue weighted by atomic mass is 10.1. The molecule has 1 amide bonds. The van der Waals surface area contributed by atoms with Gasteiger partial charge in [0.15, 0.2) is 11.0 Å². The third kappa shape index (κ3) is 5.52. The van der Waals surface area contributed by atoms with Gasteiger partial charge >= 0.3 is 0 Å². The lowest BCUT2D eigenvalue weighted by molar-refractivity contribution is -0.118. The van der Waals surface area contributed by atoms with E-state index in [0.717, 1.165) is 33.8 Å². The van der Waals surface area contributed by atoms with Crippen molar-refractivity contribution in [2.75, 3.05) is 12.9 Å². The highest BCUT2D eigenvalue weighted by Crippen LogP contribution is 2.29. The Morgan fingerprint density at radius 3 is 2.38 bits per heavy atom. The third-order valence-electron chi connectivity index (χ3n) is 5.15. The summed E-state index contributed by atoms with van der Waals surface area (Å²) >= 11 is 1.30. The fraction of sp³-hybridized carbons (Fsp3) is 0.154. The number of carbonyl (C=O) groups is 1. The molecule has 0 bridgehead atoms. The third-order valence-corrected chi connectivity index (χ3v) is 6.07. The van der Waals surface area contributed by atoms with Gasteiger partial charge < -0.3 is 4.74 Å². The fourth-order valence-corrected chi connectivity index (χ4v) is 4.01. The van der Waals surface area contributed by atoms with Crippen molar-refractivity contribution in [2.24, 2.45) is 5.10 Å². The summed E-state index contributed by atoms with van der Waals surface area (Å²) in [6.45, 7) is 3.90. The van der Waals surface area contributed by atoms with Crippen LogP contribution in [0.1, 0.15) is 18.1 Å². The summed E-state index contributed by atoms with van der Waals surface area (Å²) in [7, 11) is 1.63. The van der Waals surface area contributed by atoms with Crippen molar-refractivity contribution in [3.63, 3.8) is 0 Å². The summed E-state index contributed by atoms with van der Waals surface area (Å²) in [6, 6.07) is 25.5. The van der Waals surface area contributed by atoms with Crippen LogP contribution < -0.4 is 10.2 Å². The molecule has 8 heteroatoms. The molecule has 0 aliphatic rings. The Balaban J connectivity index is 1.55. The molecular weight excluding hydrogens is 446 g/mol. The molecule has 0 fully saturated rings. The molecular formula is C26H25N5O2S. The van der Waals surface area contributed by atoms with Crippen LogP contribution in [0.5, 0.6) is 5.75 Å². The molecule has 0 saturated carbocycles. The first-order valence-corrected chi connectivity index (χ1v) is 11.7. The summed E-state index contributed by atoms with van der Waals surface area (Å²) in [4.78, 5) is 12.5. The summed E-state index contributed by atoms with van der Waals surface area (Å²) < 4.78 is 7.24. The van der Waals surface area contributed by atoms with Gasteiger partial charge in [-0.2, -0.15) is 5.10 Å². The summed E-state index contributed by atoms with van der Waals surface area (Å²) in [6.07, 6.45) is 0. The number of aromatic nitrogens is 3. The second-order valence-corrected chi connectivity index (χ2v) is 8.54. The number of rotatable bonds is 8. The van der Waals surface area contributed by atoms with Crippen LogP contribution in [0.4, 0.5) is 0 Å². The average molecular weight is 472 g/mol. The molecule has 0 radical (unpaired) electrons. The Kier molecular flexibility index (Phi) is 7.39. The van der Waals surface area contributed by atoms with E-state index in [9.17, 15) is 4.79 Å². The van der Waals surface area contributed by atoms with E-state index in [2.05, 4.69) is 20.7 Å². The van der Waals surface area contributed by atoms with Gasteiger partial charge in [0.25, 0.3) is 5.91 Å². The van der Waals surface area contributed by atoms with Crippen LogP contribution in [0.15, 0.2) is 89.1 Å². The van der Waals surface area contributed by atoms with Crippen molar-refractivity contribution in [1.82, 2.24) is 20.2 Å². The van der Waals surface area contributed by atoms with Crippen molar-refractivity contribution in [3.05, 3.63) is 90.0 Å². The number of hydrogen-bond acceptors (Lipinski definition) is 6. The highest BCUT2D eigenvalue weighted by molar-refractivity contribution is 7.99. The minimum absolute atomic E-state index is 0.147. The number of nitrogens with zero attached hydrogens (tertiary/aromatic N) is 4. The Labute approximate surface area is 202 Å². The van der Waals surface area contributed by atoms with E-state index in [1.807, 2.05) is 97.3 Å². The van der Waals surface area contributed by atoms with Crippen LogP contribution in [0, 0.1) is 6.92 Å². The maximum Gasteiger partial charge on any atom is 0.250 e. The molecule has 3 aromatic carbocycles. The van der Waals surface area contributed by atoms with Gasteiger partial charge in [0.05, 0.1) is 18.6 Å². The van der Waals surface area contributed by atoms with Gasteiger partial charge in [-0.05, 0) is 43.7 Å². The molecule has 0 atom stereocenters. The molecule has 1 aromatic heterocycles. The molecule has 34 heavy (non-hydrogen) atoms. The van der Waals surface area contributed by atoms with E-state index in [4.69, 9.17) is 4.74 Å². The van der Waals surface area contributed by atoms with E-state index in [1.165, 1.54) is 11.8 Å². The lowest BCUT2D eigenvalue weighted by Crippen LogP contribution is -2.21. The number of thioether (sulfide) groups is 1. The van der Waals surface area contributed by atoms with E-state index < -0.39 is 0 Å². The monoisotopic (exact) mass is 471 g/mol. The highest BCUT2D eigenvalue weighted by Gasteiger charge is 2.17. The number of aryl methyl sites for hydroxylation is 1. The van der Waals surface area contributed by atoms with Crippen molar-refractivity contribution >= 4 is 23.4 Å². The first-order chi connectivity index (χ1) is 16.5. The smallest absolute Gasteiger partial charge is 0.250 e. The second-order valence-electron chi connectivity index (χ2n) is 7.59. The van der Waals surface area contributed by atoms with Crippen LogP contribution in [-0.4, -0.2) is 39.2 Å². The van der Waals surface area contributed by atoms with Crippen LogP contribution in [0.25, 0.3) is 17.1 Å². The van der Waals surface area contributed by atoms with E-state index in [-0.39, 0.29) is 11.7 Å². The molecule has 7 nitrogen and oxygen atoms in total. The SMILES string of the molecule is COc1ccc(-n2c(SCC(=O)N/N=C(/C)c3ccccc3)nnc2-c2ccc(C)cc2)cc1. The van der Waals surface area contributed by atoms with E-state index in [0.29, 0.717) is 11.0 Å². The molecule has 0 saturated heterocycles. The Hall–Kier alpha value is -3.91. The van der Waals surface area contributed by atoms with E-state index in [1.54, 1.807) is 7.11 Å². The van der Waals surface area contributed by atoms with Gasteiger partial charge in [0.2, 0.25) is 0 Å². The van der Waals surface area contributed by atoms with Gasteiger partial charge in [-0.1, -0.05) is 71.9 Å². The normalized spacial score (nSPS) is 11.3. The molecule has 0 unspecified atom stereocenters. The number of hydrogen-bond donors (Lipinski definition) is 1. The molecule has 0 aliphatic heterocycles. The largest absolute Gasteiger partial charge is 0.497 e. The number of amides is 1. The summed E-state index contributed by atoms with van der Waals surface area (Å²) in [5.74, 6) is 1.38. The predicted octanol–water partition coefficient (Wildman–Crippen LogP) is 4.88. The quantitative estimate of drug-likeness (QED) is 0.225. The van der Waals surface area contributed by atoms with Crippen molar-refractivity contribution < 1.29 is 9.53 Å². The highest BCUT2D eigenvalue weighted by atomic mass is 32.2. The molecule has 0 spiro atoms. The minimum Gasteiger partial charge on any atom is -0.497 e. The zero-order chi connectivity index (χ0) is 23.9. The van der Waals surface area contributed by atoms with Crippen LogP contribution in [0.2, 0.25) is 0 Å². The zero-order valence-corrected chi connectivity index (χ0v) is 20.0. The molecule has 1 N–H and O–H groups in total. The first kappa shape index (κ1) is 23.3. The summed E-state index contributed by atoms with van der Waals surface area (Å²) in [5, 5.41) is 13.6. The number of ether oxygens (including phenoxy) is 1. The van der Waals surface area contributed by atoms with Gasteiger partial charge in [-0.15, -0.1) is 10.2 Å². The number of methoxy groups -OCH3 is 1. The van der Waals surface area contributed by atoms with Gasteiger partial charge in [0.1, 0.15) is 5.75 Å². The van der Waals surface area contributed by atoms with Gasteiger partial charge in [-0.25, -0.2) is 5.43 Å². The zero-order valence-electron chi connectivity index (χ0n) is 19.2. The van der Waals surface area contributed by atoms with Crippen molar-refractivity contribution in [3.8, 4) is 22.8 Å². The standard InChI is InChI=1S/C26H25N5O2S/c1-18-9-11-21(12-10-18)25-29-30-26(31(25)22-13-15-23(33-3)16-14-22)34-17-24(32)28-27-19(2)20-7-5-4-6-8-20/h4-16H,17H2,1-3H3,(H,28,32)/b27-19-. The lowest BCUT2D eigenvalue weighted by Gasteiger charge is -2.11. The van der Waals surface area contributed by atoms with Gasteiger partial charge in [-0.3, -0.25) is 9.36 Å². The Morgan fingerprint density at radius 2 is 1.71 bits per heavy atom. The Bertz CT molecular complexity index is 1280. The van der Waals surface area contributed by atoms with Gasteiger partial charge in [0, 0.05) is 11.3 Å². The maximum absolute atomic E-state index is 12.5. The molecule has 4 aromatic rings. The van der Waals surface area contributed by atoms with Crippen molar-refractivity contribution in [1.29, 1.82) is 0 Å². The number of nitrogens with one attached hydrogen (secondary N) is 1. The summed E-state index contributed by atoms with van der Waals surface area (Å²) in [5.41, 5.74) is 7.30.